The molecule has 0 aliphatic heterocycles. The third-order valence-corrected chi connectivity index (χ3v) is 6.63. The highest BCUT2D eigenvalue weighted by Crippen LogP contribution is 2.28. The number of carbonyl (C=O) groups is 1. The lowest BCUT2D eigenvalue weighted by Crippen LogP contribution is -2.23. The summed E-state index contributed by atoms with van der Waals surface area (Å²) in [4.78, 5) is 20.1. The van der Waals surface area contributed by atoms with Crippen molar-refractivity contribution in [2.45, 2.75) is 16.3 Å². The maximum atomic E-state index is 13.5. The molecular formula is C20H14ClFN4O3S. The van der Waals surface area contributed by atoms with Crippen molar-refractivity contribution in [3.05, 3.63) is 89.2 Å². The summed E-state index contributed by atoms with van der Waals surface area (Å²) in [7, 11) is -3.97. The van der Waals surface area contributed by atoms with E-state index in [1.807, 2.05) is 0 Å². The Balaban J connectivity index is 1.48. The molecule has 7 nitrogen and oxygen atoms in total. The first-order chi connectivity index (χ1) is 14.3. The lowest BCUT2D eigenvalue weighted by Gasteiger charge is -2.09. The van der Waals surface area contributed by atoms with Gasteiger partial charge in [-0.25, -0.2) is 22.8 Å². The normalized spacial score (nSPS) is 11.5. The van der Waals surface area contributed by atoms with Crippen LogP contribution >= 0.6 is 11.6 Å². The zero-order valence-electron chi connectivity index (χ0n) is 15.3. The number of rotatable bonds is 5. The van der Waals surface area contributed by atoms with E-state index in [0.717, 1.165) is 12.1 Å². The van der Waals surface area contributed by atoms with Gasteiger partial charge in [-0.2, -0.15) is 0 Å². The molecule has 0 unspecified atom stereocenters. The highest BCUT2D eigenvalue weighted by molar-refractivity contribution is 7.91. The zero-order chi connectivity index (χ0) is 21.3. The van der Waals surface area contributed by atoms with Gasteiger partial charge in [0.2, 0.25) is 15.6 Å². The molecule has 0 saturated carbocycles. The summed E-state index contributed by atoms with van der Waals surface area (Å²) in [5, 5.41) is 2.69. The summed E-state index contributed by atoms with van der Waals surface area (Å²) in [6.07, 6.45) is 6.30. The summed E-state index contributed by atoms with van der Waals surface area (Å²) in [5.41, 5.74) is 1.05. The number of sulfone groups is 1. The van der Waals surface area contributed by atoms with Crippen LogP contribution in [0.2, 0.25) is 5.02 Å². The Labute approximate surface area is 176 Å². The van der Waals surface area contributed by atoms with Crippen LogP contribution in [0.5, 0.6) is 0 Å². The molecular weight excluding hydrogens is 431 g/mol. The van der Waals surface area contributed by atoms with Crippen molar-refractivity contribution in [1.82, 2.24) is 19.7 Å². The van der Waals surface area contributed by atoms with E-state index in [9.17, 15) is 17.6 Å². The summed E-state index contributed by atoms with van der Waals surface area (Å²) in [6.45, 7) is 0.182. The molecule has 0 radical (unpaired) electrons. The molecule has 0 bridgehead atoms. The van der Waals surface area contributed by atoms with Crippen molar-refractivity contribution in [3.63, 3.8) is 0 Å². The van der Waals surface area contributed by atoms with Crippen LogP contribution < -0.4 is 5.32 Å². The molecule has 0 saturated heterocycles. The first-order valence-corrected chi connectivity index (χ1v) is 10.6. The maximum Gasteiger partial charge on any atom is 0.254 e. The average Bonchev–Trinajstić information content (AvgIpc) is 3.22. The van der Waals surface area contributed by atoms with Crippen LogP contribution in [0.4, 0.5) is 4.39 Å². The number of fused-ring (bicyclic) bond motifs is 1. The van der Waals surface area contributed by atoms with E-state index in [1.165, 1.54) is 24.4 Å². The molecule has 1 amide bonds. The van der Waals surface area contributed by atoms with Gasteiger partial charge >= 0.3 is 0 Å². The Morgan fingerprint density at radius 1 is 1.13 bits per heavy atom. The number of amides is 1. The van der Waals surface area contributed by atoms with E-state index in [-0.39, 0.29) is 27.3 Å². The molecule has 0 aliphatic carbocycles. The van der Waals surface area contributed by atoms with Gasteiger partial charge in [-0.1, -0.05) is 23.7 Å². The largest absolute Gasteiger partial charge is 0.348 e. The van der Waals surface area contributed by atoms with Gasteiger partial charge in [-0.05, 0) is 35.9 Å². The lowest BCUT2D eigenvalue weighted by molar-refractivity contribution is 0.0950. The highest BCUT2D eigenvalue weighted by Gasteiger charge is 2.21. The van der Waals surface area contributed by atoms with E-state index in [2.05, 4.69) is 15.3 Å². The number of halogens is 2. The number of benzene rings is 2. The first kappa shape index (κ1) is 20.0. The van der Waals surface area contributed by atoms with Crippen LogP contribution in [0.15, 0.2) is 77.0 Å². The van der Waals surface area contributed by atoms with Gasteiger partial charge in [-0.15, -0.1) is 0 Å². The second kappa shape index (κ2) is 7.85. The average molecular weight is 445 g/mol. The van der Waals surface area contributed by atoms with Gasteiger partial charge in [0.1, 0.15) is 5.82 Å². The van der Waals surface area contributed by atoms with Crippen LogP contribution in [0.25, 0.3) is 5.78 Å². The molecule has 2 aromatic carbocycles. The smallest absolute Gasteiger partial charge is 0.254 e. The maximum absolute atomic E-state index is 13.5. The standard InChI is InChI=1S/C20H14ClFN4O3S/c21-17-6-3-15(22)9-18(17)30(28,29)16-4-1-13(2-5-16)10-24-19(27)14-11-25-20-23-7-8-26(20)12-14/h1-9,11-12H,10H2,(H,24,27). The molecule has 4 aromatic rings. The lowest BCUT2D eigenvalue weighted by atomic mass is 10.2. The predicted octanol–water partition coefficient (Wildman–Crippen LogP) is 3.28. The topological polar surface area (TPSA) is 93.4 Å². The Kier molecular flexibility index (Phi) is 5.23. The molecule has 152 valence electrons. The van der Waals surface area contributed by atoms with Crippen molar-refractivity contribution < 1.29 is 17.6 Å². The second-order valence-corrected chi connectivity index (χ2v) is 8.71. The predicted molar refractivity (Wildman–Crippen MR) is 107 cm³/mol. The zero-order valence-corrected chi connectivity index (χ0v) is 16.9. The van der Waals surface area contributed by atoms with Crippen LogP contribution in [0.1, 0.15) is 15.9 Å². The third-order valence-electron chi connectivity index (χ3n) is 4.38. The van der Waals surface area contributed by atoms with Gasteiger partial charge < -0.3 is 5.32 Å². The molecule has 10 heteroatoms. The van der Waals surface area contributed by atoms with E-state index in [4.69, 9.17) is 11.6 Å². The minimum absolute atomic E-state index is 0.0279. The van der Waals surface area contributed by atoms with Gasteiger partial charge in [0, 0.05) is 31.3 Å². The number of nitrogens with one attached hydrogen (secondary N) is 1. The van der Waals surface area contributed by atoms with Gasteiger partial charge in [0.05, 0.1) is 20.4 Å². The number of carbonyl (C=O) groups excluding carboxylic acids is 1. The van der Waals surface area contributed by atoms with Crippen molar-refractivity contribution in [2.75, 3.05) is 0 Å². The Bertz CT molecular complexity index is 1350. The van der Waals surface area contributed by atoms with Crippen molar-refractivity contribution >= 4 is 33.1 Å². The molecule has 0 atom stereocenters. The van der Waals surface area contributed by atoms with E-state index in [1.54, 1.807) is 35.1 Å². The fourth-order valence-electron chi connectivity index (χ4n) is 2.81. The van der Waals surface area contributed by atoms with Crippen molar-refractivity contribution in [2.24, 2.45) is 0 Å². The van der Waals surface area contributed by atoms with Gasteiger partial charge in [0.25, 0.3) is 5.91 Å². The second-order valence-electron chi connectivity index (χ2n) is 6.38. The Hall–Kier alpha value is -3.30. The fraction of sp³-hybridized carbons (Fsp3) is 0.0500. The molecule has 4 rings (SSSR count). The summed E-state index contributed by atoms with van der Waals surface area (Å²) < 4.78 is 40.5. The highest BCUT2D eigenvalue weighted by atomic mass is 35.5. The van der Waals surface area contributed by atoms with Crippen molar-refractivity contribution in [3.8, 4) is 0 Å². The van der Waals surface area contributed by atoms with Gasteiger partial charge in [0.15, 0.2) is 0 Å². The number of imidazole rings is 1. The monoisotopic (exact) mass is 444 g/mol. The summed E-state index contributed by atoms with van der Waals surface area (Å²) >= 11 is 5.93. The molecule has 0 spiro atoms. The summed E-state index contributed by atoms with van der Waals surface area (Å²) in [5.74, 6) is -0.538. The van der Waals surface area contributed by atoms with Crippen LogP contribution in [0, 0.1) is 5.82 Å². The van der Waals surface area contributed by atoms with Gasteiger partial charge in [-0.3, -0.25) is 9.20 Å². The minimum Gasteiger partial charge on any atom is -0.348 e. The summed E-state index contributed by atoms with van der Waals surface area (Å²) in [6, 6.07) is 9.08. The number of nitrogens with zero attached hydrogens (tertiary/aromatic N) is 3. The molecule has 2 heterocycles. The number of hydrogen-bond donors (Lipinski definition) is 1. The van der Waals surface area contributed by atoms with Crippen LogP contribution in [-0.4, -0.2) is 28.7 Å². The Morgan fingerprint density at radius 2 is 1.90 bits per heavy atom. The number of aromatic nitrogens is 3. The molecule has 0 fully saturated rings. The Morgan fingerprint density at radius 3 is 2.67 bits per heavy atom. The third kappa shape index (κ3) is 3.89. The first-order valence-electron chi connectivity index (χ1n) is 8.70. The minimum atomic E-state index is -3.97. The molecule has 2 aromatic heterocycles. The van der Waals surface area contributed by atoms with Crippen molar-refractivity contribution in [1.29, 1.82) is 0 Å². The quantitative estimate of drug-likeness (QED) is 0.510. The van der Waals surface area contributed by atoms with Crippen LogP contribution in [-0.2, 0) is 16.4 Å². The van der Waals surface area contributed by atoms with E-state index >= 15 is 0 Å². The molecule has 30 heavy (non-hydrogen) atoms. The fourth-order valence-corrected chi connectivity index (χ4v) is 4.58. The van der Waals surface area contributed by atoms with Crippen LogP contribution in [0.3, 0.4) is 0 Å². The number of hydrogen-bond acceptors (Lipinski definition) is 5. The SMILES string of the molecule is O=C(NCc1ccc(S(=O)(=O)c2cc(F)ccc2Cl)cc1)c1cnc2nccn2c1. The van der Waals surface area contributed by atoms with E-state index < -0.39 is 15.7 Å². The molecule has 1 N–H and O–H groups in total. The molecule has 0 aliphatic rings. The van der Waals surface area contributed by atoms with E-state index in [0.29, 0.717) is 16.9 Å².